The van der Waals surface area contributed by atoms with Crippen LogP contribution in [0.5, 0.6) is 0 Å². The summed E-state index contributed by atoms with van der Waals surface area (Å²) in [6.45, 7) is 4.06. The van der Waals surface area contributed by atoms with E-state index in [1.165, 1.54) is 0 Å². The second-order valence-corrected chi connectivity index (χ2v) is 2.21. The fourth-order valence-corrected chi connectivity index (χ4v) is 0.761. The number of nitrogens with zero attached hydrogens (tertiary/aromatic N) is 1. The number of hydrogen-bond donors (Lipinski definition) is 0. The Balaban J connectivity index is 2.87. The average Bonchev–Trinajstić information content (AvgIpc) is 1.80. The van der Waals surface area contributed by atoms with E-state index in [1.54, 1.807) is 0 Å². The molecule has 0 radical (unpaired) electrons. The maximum absolute atomic E-state index is 10.8. The average molecular weight is 123 g/mol. The first kappa shape index (κ1) is 6.20. The first-order valence-electron chi connectivity index (χ1n) is 2.92. The van der Waals surface area contributed by atoms with Gasteiger partial charge in [-0.1, -0.05) is 0 Å². The van der Waals surface area contributed by atoms with Crippen molar-refractivity contribution in [1.29, 1.82) is 0 Å². The minimum atomic E-state index is 0.139. The molecule has 0 saturated carbocycles. The van der Waals surface area contributed by atoms with Gasteiger partial charge in [-0.15, -0.1) is 0 Å². The van der Waals surface area contributed by atoms with Gasteiger partial charge in [-0.25, -0.2) is 0 Å². The van der Waals surface area contributed by atoms with E-state index in [-0.39, 0.29) is 5.78 Å². The lowest BCUT2D eigenvalue weighted by molar-refractivity contribution is -0.114. The lowest BCUT2D eigenvalue weighted by atomic mass is 10.1. The quantitative estimate of drug-likeness (QED) is 0.472. The Bertz CT molecular complexity index is 201. The van der Waals surface area contributed by atoms with Crippen LogP contribution in [0.15, 0.2) is 16.6 Å². The van der Waals surface area contributed by atoms with Crippen molar-refractivity contribution in [3.63, 3.8) is 0 Å². The van der Waals surface area contributed by atoms with Crippen LogP contribution >= 0.6 is 0 Å². The Morgan fingerprint density at radius 3 is 2.67 bits per heavy atom. The molecule has 9 heavy (non-hydrogen) atoms. The van der Waals surface area contributed by atoms with Gasteiger partial charge in [-0.2, -0.15) is 0 Å². The van der Waals surface area contributed by atoms with E-state index in [4.69, 9.17) is 0 Å². The van der Waals surface area contributed by atoms with Crippen molar-refractivity contribution in [3.8, 4) is 0 Å². The Labute approximate surface area is 54.3 Å². The van der Waals surface area contributed by atoms with E-state index in [0.29, 0.717) is 6.54 Å². The molecule has 0 N–H and O–H groups in total. The topological polar surface area (TPSA) is 29.4 Å². The molecule has 48 valence electrons. The van der Waals surface area contributed by atoms with Gasteiger partial charge in [-0.05, 0) is 25.5 Å². The first-order chi connectivity index (χ1) is 4.20. The second kappa shape index (κ2) is 2.13. The summed E-state index contributed by atoms with van der Waals surface area (Å²) in [5.41, 5.74) is 1.77. The fourth-order valence-electron chi connectivity index (χ4n) is 0.761. The zero-order valence-electron chi connectivity index (χ0n) is 5.64. The predicted molar refractivity (Wildman–Crippen MR) is 36.7 cm³/mol. The molecule has 1 rings (SSSR count). The van der Waals surface area contributed by atoms with Crippen LogP contribution < -0.4 is 0 Å². The minimum Gasteiger partial charge on any atom is -0.292 e. The maximum Gasteiger partial charge on any atom is 0.179 e. The number of Topliss-reactive ketones (excluding diaryl/α,β-unsaturated/α-hetero) is 1. The SMILES string of the molecule is CC1=CC(C)=NCC1=O. The van der Waals surface area contributed by atoms with Crippen molar-refractivity contribution >= 4 is 11.5 Å². The highest BCUT2D eigenvalue weighted by molar-refractivity contribution is 6.08. The zero-order valence-corrected chi connectivity index (χ0v) is 5.64. The molecule has 0 aromatic rings. The normalized spacial score (nSPS) is 19.1. The molecule has 1 aliphatic heterocycles. The fraction of sp³-hybridized carbons (Fsp3) is 0.429. The summed E-state index contributed by atoms with van der Waals surface area (Å²) in [4.78, 5) is 14.7. The molecule has 2 nitrogen and oxygen atoms in total. The third-order valence-corrected chi connectivity index (χ3v) is 1.34. The number of dihydropyridines is 1. The summed E-state index contributed by atoms with van der Waals surface area (Å²) in [7, 11) is 0. The molecule has 0 aromatic heterocycles. The maximum atomic E-state index is 10.8. The Morgan fingerprint density at radius 2 is 2.22 bits per heavy atom. The summed E-state index contributed by atoms with van der Waals surface area (Å²) in [6, 6.07) is 0. The standard InChI is InChI=1S/C7H9NO/c1-5-3-6(2)8-4-7(5)9/h3H,4H2,1-2H3. The molecule has 0 bridgehead atoms. The van der Waals surface area contributed by atoms with Crippen LogP contribution in [0, 0.1) is 0 Å². The number of carbonyl (C=O) groups excluding carboxylic acids is 1. The molecule has 0 unspecified atom stereocenters. The minimum absolute atomic E-state index is 0.139. The molecular formula is C7H9NO. The smallest absolute Gasteiger partial charge is 0.179 e. The van der Waals surface area contributed by atoms with Crippen molar-refractivity contribution in [1.82, 2.24) is 0 Å². The number of aliphatic imine (C=N–C) groups is 1. The second-order valence-electron chi connectivity index (χ2n) is 2.21. The van der Waals surface area contributed by atoms with Gasteiger partial charge in [0.25, 0.3) is 0 Å². The number of allylic oxidation sites excluding steroid dienone is 1. The van der Waals surface area contributed by atoms with Gasteiger partial charge in [0.15, 0.2) is 5.78 Å². The summed E-state index contributed by atoms with van der Waals surface area (Å²) in [6.07, 6.45) is 1.81. The van der Waals surface area contributed by atoms with Gasteiger partial charge in [0.2, 0.25) is 0 Å². The summed E-state index contributed by atoms with van der Waals surface area (Å²) >= 11 is 0. The van der Waals surface area contributed by atoms with Crippen LogP contribution in [0.1, 0.15) is 13.8 Å². The molecule has 0 amide bonds. The third-order valence-electron chi connectivity index (χ3n) is 1.34. The number of ketones is 1. The van der Waals surface area contributed by atoms with Crippen molar-refractivity contribution in [2.75, 3.05) is 6.54 Å². The summed E-state index contributed by atoms with van der Waals surface area (Å²) in [5, 5.41) is 0. The van der Waals surface area contributed by atoms with Crippen molar-refractivity contribution in [2.45, 2.75) is 13.8 Å². The monoisotopic (exact) mass is 123 g/mol. The Kier molecular flexibility index (Phi) is 1.47. The van der Waals surface area contributed by atoms with E-state index < -0.39 is 0 Å². The van der Waals surface area contributed by atoms with Gasteiger partial charge in [0.05, 0.1) is 0 Å². The van der Waals surface area contributed by atoms with Gasteiger partial charge in [0, 0.05) is 5.71 Å². The Hall–Kier alpha value is -0.920. The van der Waals surface area contributed by atoms with E-state index in [2.05, 4.69) is 4.99 Å². The summed E-state index contributed by atoms with van der Waals surface area (Å²) in [5.74, 6) is 0.139. The van der Waals surface area contributed by atoms with Gasteiger partial charge >= 0.3 is 0 Å². The van der Waals surface area contributed by atoms with E-state index in [9.17, 15) is 4.79 Å². The lowest BCUT2D eigenvalue weighted by Crippen LogP contribution is -2.11. The molecular weight excluding hydrogens is 114 g/mol. The predicted octanol–water partition coefficient (Wildman–Crippen LogP) is 0.976. The molecule has 1 heterocycles. The highest BCUT2D eigenvalue weighted by Gasteiger charge is 2.07. The lowest BCUT2D eigenvalue weighted by Gasteiger charge is -2.03. The van der Waals surface area contributed by atoms with Gasteiger partial charge in [0.1, 0.15) is 6.54 Å². The summed E-state index contributed by atoms with van der Waals surface area (Å²) < 4.78 is 0. The first-order valence-corrected chi connectivity index (χ1v) is 2.92. The molecule has 0 aliphatic carbocycles. The molecule has 2 heteroatoms. The molecule has 1 aliphatic rings. The van der Waals surface area contributed by atoms with Crippen molar-refractivity contribution < 1.29 is 4.79 Å². The van der Waals surface area contributed by atoms with Crippen LogP contribution in [0.4, 0.5) is 0 Å². The van der Waals surface area contributed by atoms with Gasteiger partial charge in [-0.3, -0.25) is 9.79 Å². The largest absolute Gasteiger partial charge is 0.292 e. The molecule has 0 saturated heterocycles. The van der Waals surface area contributed by atoms with E-state index in [0.717, 1.165) is 11.3 Å². The molecule has 0 aromatic carbocycles. The zero-order chi connectivity index (χ0) is 6.85. The molecule has 0 spiro atoms. The highest BCUT2D eigenvalue weighted by Crippen LogP contribution is 2.01. The van der Waals surface area contributed by atoms with Crippen LogP contribution in [-0.2, 0) is 4.79 Å². The third kappa shape index (κ3) is 1.25. The van der Waals surface area contributed by atoms with E-state index in [1.807, 2.05) is 19.9 Å². The van der Waals surface area contributed by atoms with Crippen LogP contribution in [-0.4, -0.2) is 18.0 Å². The number of hydrogen-bond acceptors (Lipinski definition) is 2. The Morgan fingerprint density at radius 1 is 1.56 bits per heavy atom. The highest BCUT2D eigenvalue weighted by atomic mass is 16.1. The molecule has 0 fully saturated rings. The molecule has 0 atom stereocenters. The number of rotatable bonds is 0. The van der Waals surface area contributed by atoms with E-state index >= 15 is 0 Å². The van der Waals surface area contributed by atoms with Crippen molar-refractivity contribution in [2.24, 2.45) is 4.99 Å². The van der Waals surface area contributed by atoms with Gasteiger partial charge < -0.3 is 0 Å². The van der Waals surface area contributed by atoms with Crippen molar-refractivity contribution in [3.05, 3.63) is 11.6 Å². The van der Waals surface area contributed by atoms with Crippen LogP contribution in [0.3, 0.4) is 0 Å². The van der Waals surface area contributed by atoms with Crippen LogP contribution in [0.25, 0.3) is 0 Å². The van der Waals surface area contributed by atoms with Crippen LogP contribution in [0.2, 0.25) is 0 Å². The number of carbonyl (C=O) groups is 1.